The van der Waals surface area contributed by atoms with E-state index in [-0.39, 0.29) is 29.2 Å². The minimum Gasteiger partial charge on any atom is -0.483 e. The molecule has 0 aliphatic carbocycles. The number of fused-ring (bicyclic) bond motifs is 5. The van der Waals surface area contributed by atoms with Crippen LogP contribution < -0.4 is 9.47 Å². The summed E-state index contributed by atoms with van der Waals surface area (Å²) in [6.07, 6.45) is 3.83. The Balaban J connectivity index is 1.46. The Hall–Kier alpha value is -2.07. The van der Waals surface area contributed by atoms with Crippen LogP contribution in [0.5, 0.6) is 11.5 Å². The SMILES string of the molecule is CC1(C)Cc2ccc3c(c2O1)OC(C)(C)[C@H]1CC[C@H](Cc2ccc(F)cc2)O[C@H]31. The van der Waals surface area contributed by atoms with Crippen molar-refractivity contribution in [2.24, 2.45) is 5.92 Å². The molecule has 3 nitrogen and oxygen atoms in total. The minimum atomic E-state index is -0.316. The summed E-state index contributed by atoms with van der Waals surface area (Å²) < 4.78 is 32.7. The first-order valence-corrected chi connectivity index (χ1v) is 10.7. The van der Waals surface area contributed by atoms with Crippen molar-refractivity contribution in [2.75, 3.05) is 0 Å². The predicted molar refractivity (Wildman–Crippen MR) is 110 cm³/mol. The number of halogens is 1. The van der Waals surface area contributed by atoms with Gasteiger partial charge in [0.25, 0.3) is 0 Å². The number of ether oxygens (including phenoxy) is 3. The maximum Gasteiger partial charge on any atom is 0.168 e. The Labute approximate surface area is 172 Å². The van der Waals surface area contributed by atoms with Crippen LogP contribution in [-0.2, 0) is 17.6 Å². The smallest absolute Gasteiger partial charge is 0.168 e. The molecular formula is C25H29FO3. The van der Waals surface area contributed by atoms with Crippen LogP contribution >= 0.6 is 0 Å². The lowest BCUT2D eigenvalue weighted by molar-refractivity contribution is -0.149. The highest BCUT2D eigenvalue weighted by Crippen LogP contribution is 2.56. The van der Waals surface area contributed by atoms with E-state index in [1.807, 2.05) is 12.1 Å². The fourth-order valence-electron chi connectivity index (χ4n) is 5.23. The van der Waals surface area contributed by atoms with Gasteiger partial charge in [-0.2, -0.15) is 0 Å². The van der Waals surface area contributed by atoms with E-state index in [1.165, 1.54) is 17.7 Å². The maximum absolute atomic E-state index is 13.2. The van der Waals surface area contributed by atoms with Crippen LogP contribution in [0.1, 0.15) is 63.3 Å². The summed E-state index contributed by atoms with van der Waals surface area (Å²) in [4.78, 5) is 0. The lowest BCUT2D eigenvalue weighted by Crippen LogP contribution is -2.48. The first kappa shape index (κ1) is 18.9. The second kappa shape index (κ2) is 6.46. The molecule has 2 aromatic carbocycles. The van der Waals surface area contributed by atoms with Crippen LogP contribution in [0.2, 0.25) is 0 Å². The van der Waals surface area contributed by atoms with Gasteiger partial charge in [0.15, 0.2) is 11.5 Å². The van der Waals surface area contributed by atoms with Gasteiger partial charge in [-0.15, -0.1) is 0 Å². The second-order valence-corrected chi connectivity index (χ2v) is 9.91. The zero-order valence-corrected chi connectivity index (χ0v) is 17.6. The van der Waals surface area contributed by atoms with E-state index in [0.29, 0.717) is 5.92 Å². The van der Waals surface area contributed by atoms with Gasteiger partial charge in [-0.25, -0.2) is 4.39 Å². The van der Waals surface area contributed by atoms with E-state index in [2.05, 4.69) is 39.8 Å². The van der Waals surface area contributed by atoms with Crippen LogP contribution in [0.15, 0.2) is 36.4 Å². The van der Waals surface area contributed by atoms with E-state index >= 15 is 0 Å². The molecular weight excluding hydrogens is 367 g/mol. The largest absolute Gasteiger partial charge is 0.483 e. The Bertz CT molecular complexity index is 932. The van der Waals surface area contributed by atoms with Gasteiger partial charge in [0.05, 0.1) is 12.2 Å². The molecule has 0 aromatic heterocycles. The Morgan fingerprint density at radius 1 is 0.931 bits per heavy atom. The maximum atomic E-state index is 13.2. The van der Waals surface area contributed by atoms with Crippen LogP contribution in [0, 0.1) is 11.7 Å². The van der Waals surface area contributed by atoms with Gasteiger partial charge in [0, 0.05) is 23.5 Å². The summed E-state index contributed by atoms with van der Waals surface area (Å²) in [5, 5.41) is 0. The molecule has 29 heavy (non-hydrogen) atoms. The molecule has 0 saturated carbocycles. The van der Waals surface area contributed by atoms with Crippen molar-refractivity contribution in [3.63, 3.8) is 0 Å². The normalized spacial score (nSPS) is 28.5. The van der Waals surface area contributed by atoms with Gasteiger partial charge < -0.3 is 14.2 Å². The van der Waals surface area contributed by atoms with Crippen molar-refractivity contribution < 1.29 is 18.6 Å². The van der Waals surface area contributed by atoms with Gasteiger partial charge in [-0.05, 0) is 64.7 Å². The molecule has 0 spiro atoms. The van der Waals surface area contributed by atoms with Crippen molar-refractivity contribution in [3.8, 4) is 11.5 Å². The van der Waals surface area contributed by atoms with Crippen LogP contribution in [0.25, 0.3) is 0 Å². The zero-order chi connectivity index (χ0) is 20.4. The van der Waals surface area contributed by atoms with Crippen molar-refractivity contribution >= 4 is 0 Å². The first-order valence-electron chi connectivity index (χ1n) is 10.7. The van der Waals surface area contributed by atoms with Crippen LogP contribution in [-0.4, -0.2) is 17.3 Å². The van der Waals surface area contributed by atoms with Crippen LogP contribution in [0.3, 0.4) is 0 Å². The van der Waals surface area contributed by atoms with Crippen molar-refractivity contribution in [3.05, 3.63) is 58.9 Å². The van der Waals surface area contributed by atoms with Gasteiger partial charge in [0.1, 0.15) is 17.0 Å². The van der Waals surface area contributed by atoms with Crippen LogP contribution in [0.4, 0.5) is 4.39 Å². The van der Waals surface area contributed by atoms with Crippen molar-refractivity contribution in [2.45, 2.75) is 76.8 Å². The van der Waals surface area contributed by atoms with Gasteiger partial charge in [-0.1, -0.05) is 24.3 Å². The quantitative estimate of drug-likeness (QED) is 0.643. The van der Waals surface area contributed by atoms with Gasteiger partial charge in [0.2, 0.25) is 0 Å². The molecule has 3 atom stereocenters. The summed E-state index contributed by atoms with van der Waals surface area (Å²) in [5.41, 5.74) is 2.90. The Morgan fingerprint density at radius 2 is 1.69 bits per heavy atom. The molecule has 0 N–H and O–H groups in total. The summed E-state index contributed by atoms with van der Waals surface area (Å²) in [6, 6.07) is 11.1. The Morgan fingerprint density at radius 3 is 2.45 bits per heavy atom. The summed E-state index contributed by atoms with van der Waals surface area (Å²) >= 11 is 0. The zero-order valence-electron chi connectivity index (χ0n) is 17.6. The molecule has 154 valence electrons. The van der Waals surface area contributed by atoms with Gasteiger partial charge in [-0.3, -0.25) is 0 Å². The molecule has 1 fully saturated rings. The fraction of sp³-hybridized carbons (Fsp3) is 0.520. The third kappa shape index (κ3) is 3.31. The van der Waals surface area contributed by atoms with E-state index in [0.717, 1.165) is 48.3 Å². The third-order valence-corrected chi connectivity index (χ3v) is 6.66. The predicted octanol–water partition coefficient (Wildman–Crippen LogP) is 5.79. The Kier molecular flexibility index (Phi) is 4.22. The number of hydrogen-bond donors (Lipinski definition) is 0. The molecule has 3 heterocycles. The van der Waals surface area contributed by atoms with E-state index in [1.54, 1.807) is 0 Å². The molecule has 5 rings (SSSR count). The van der Waals surface area contributed by atoms with E-state index < -0.39 is 0 Å². The molecule has 0 bridgehead atoms. The van der Waals surface area contributed by atoms with Crippen molar-refractivity contribution in [1.82, 2.24) is 0 Å². The molecule has 0 unspecified atom stereocenters. The molecule has 2 aromatic rings. The summed E-state index contributed by atoms with van der Waals surface area (Å²) in [5.74, 6) is 1.85. The molecule has 3 aliphatic heterocycles. The lowest BCUT2D eigenvalue weighted by Gasteiger charge is -2.49. The highest BCUT2D eigenvalue weighted by Gasteiger charge is 2.49. The van der Waals surface area contributed by atoms with E-state index in [9.17, 15) is 4.39 Å². The van der Waals surface area contributed by atoms with E-state index in [4.69, 9.17) is 14.2 Å². The molecule has 0 radical (unpaired) electrons. The average molecular weight is 397 g/mol. The van der Waals surface area contributed by atoms with Gasteiger partial charge >= 0.3 is 0 Å². The molecule has 3 aliphatic rings. The fourth-order valence-corrected chi connectivity index (χ4v) is 5.23. The van der Waals surface area contributed by atoms with Crippen molar-refractivity contribution in [1.29, 1.82) is 0 Å². The molecule has 4 heteroatoms. The first-order chi connectivity index (χ1) is 13.7. The number of rotatable bonds is 2. The summed E-state index contributed by atoms with van der Waals surface area (Å²) in [7, 11) is 0. The minimum absolute atomic E-state index is 0.00874. The summed E-state index contributed by atoms with van der Waals surface area (Å²) in [6.45, 7) is 8.56. The number of benzene rings is 2. The second-order valence-electron chi connectivity index (χ2n) is 9.91. The monoisotopic (exact) mass is 396 g/mol. The molecule has 0 amide bonds. The average Bonchev–Trinajstić information content (AvgIpc) is 2.98. The highest BCUT2D eigenvalue weighted by molar-refractivity contribution is 5.57. The lowest BCUT2D eigenvalue weighted by atomic mass is 9.74. The molecule has 1 saturated heterocycles. The standard InChI is InChI=1S/C25H29FO3/c1-24(2)14-16-7-11-19-22-20(25(3,4)29-23(19)21(16)28-24)12-10-18(27-22)13-15-5-8-17(26)9-6-15/h5-9,11,18,20,22H,10,12-14H2,1-4H3/t18-,20+,22-/m1/s1. The number of hydrogen-bond acceptors (Lipinski definition) is 3. The topological polar surface area (TPSA) is 27.7 Å². The highest BCUT2D eigenvalue weighted by atomic mass is 19.1. The third-order valence-electron chi connectivity index (χ3n) is 6.66.